The minimum atomic E-state index is -0.290. The third-order valence-corrected chi connectivity index (χ3v) is 4.78. The van der Waals surface area contributed by atoms with E-state index < -0.39 is 0 Å². The average Bonchev–Trinajstić information content (AvgIpc) is 3.15. The van der Waals surface area contributed by atoms with Gasteiger partial charge in [-0.05, 0) is 32.3 Å². The number of fused-ring (bicyclic) bond motifs is 1. The van der Waals surface area contributed by atoms with E-state index in [1.807, 2.05) is 19.2 Å². The Morgan fingerprint density at radius 1 is 1.21 bits per heavy atom. The van der Waals surface area contributed by atoms with Crippen LogP contribution in [0.25, 0.3) is 11.1 Å². The van der Waals surface area contributed by atoms with Gasteiger partial charge in [0, 0.05) is 12.6 Å². The molecule has 0 aliphatic carbocycles. The lowest BCUT2D eigenvalue weighted by molar-refractivity contribution is 0.00828. The first-order chi connectivity index (χ1) is 11.7. The van der Waals surface area contributed by atoms with E-state index in [2.05, 4.69) is 11.9 Å². The monoisotopic (exact) mass is 332 g/mol. The molecule has 24 heavy (non-hydrogen) atoms. The molecule has 132 valence electrons. The lowest BCUT2D eigenvalue weighted by atomic mass is 10.1. The highest BCUT2D eigenvalue weighted by atomic mass is 16.5. The summed E-state index contributed by atoms with van der Waals surface area (Å²) >= 11 is 0. The Hall–Kier alpha value is -1.62. The van der Waals surface area contributed by atoms with Gasteiger partial charge in [0.2, 0.25) is 5.71 Å². The summed E-state index contributed by atoms with van der Waals surface area (Å²) in [5.41, 5.74) is 0.158. The molecule has 2 aromatic heterocycles. The Labute approximate surface area is 143 Å². The van der Waals surface area contributed by atoms with Crippen molar-refractivity contribution in [1.82, 2.24) is 9.55 Å². The average molecular weight is 332 g/mol. The molecule has 5 heteroatoms. The van der Waals surface area contributed by atoms with Crippen LogP contribution in [0.5, 0.6) is 0 Å². The quantitative estimate of drug-likeness (QED) is 0.663. The molecule has 1 fully saturated rings. The largest absolute Gasteiger partial charge is 0.443 e. The molecule has 1 aliphatic heterocycles. The van der Waals surface area contributed by atoms with Gasteiger partial charge in [-0.25, -0.2) is 4.79 Å². The molecular formula is C19H28N2O3. The van der Waals surface area contributed by atoms with E-state index in [1.54, 1.807) is 4.57 Å². The second-order valence-electron chi connectivity index (χ2n) is 6.90. The van der Waals surface area contributed by atoms with Crippen molar-refractivity contribution in [2.24, 2.45) is 0 Å². The molecule has 0 N–H and O–H groups in total. The summed E-state index contributed by atoms with van der Waals surface area (Å²) in [6, 6.07) is 2.02. The summed E-state index contributed by atoms with van der Waals surface area (Å²) in [7, 11) is 0. The van der Waals surface area contributed by atoms with Crippen molar-refractivity contribution in [2.75, 3.05) is 0 Å². The maximum atomic E-state index is 12.2. The fourth-order valence-corrected chi connectivity index (χ4v) is 3.37. The Morgan fingerprint density at radius 3 is 2.75 bits per heavy atom. The first-order valence-electron chi connectivity index (χ1n) is 9.34. The predicted octanol–water partition coefficient (Wildman–Crippen LogP) is 4.59. The van der Waals surface area contributed by atoms with E-state index in [1.165, 1.54) is 32.1 Å². The highest BCUT2D eigenvalue weighted by Crippen LogP contribution is 2.27. The number of unbranched alkanes of at least 4 members (excludes halogenated alkanes) is 5. The fraction of sp³-hybridized carbons (Fsp3) is 0.684. The predicted molar refractivity (Wildman–Crippen MR) is 94.2 cm³/mol. The zero-order valence-electron chi connectivity index (χ0n) is 14.8. The number of hydrogen-bond donors (Lipinski definition) is 0. The SMILES string of the molecule is CCCCCCCCc1cc2cn([C@H]3CC[C@@H](C)O3)c(=O)nc2o1. The van der Waals surface area contributed by atoms with Gasteiger partial charge in [-0.1, -0.05) is 39.0 Å². The van der Waals surface area contributed by atoms with Gasteiger partial charge in [-0.3, -0.25) is 4.57 Å². The second-order valence-corrected chi connectivity index (χ2v) is 6.90. The van der Waals surface area contributed by atoms with Crippen LogP contribution < -0.4 is 5.69 Å². The summed E-state index contributed by atoms with van der Waals surface area (Å²) in [4.78, 5) is 16.3. The molecule has 3 rings (SSSR count). The molecule has 0 saturated carbocycles. The van der Waals surface area contributed by atoms with Gasteiger partial charge >= 0.3 is 5.69 Å². The van der Waals surface area contributed by atoms with Crippen LogP contribution in [0.4, 0.5) is 0 Å². The zero-order valence-corrected chi connectivity index (χ0v) is 14.8. The molecule has 0 spiro atoms. The molecule has 5 nitrogen and oxygen atoms in total. The van der Waals surface area contributed by atoms with Crippen LogP contribution in [-0.2, 0) is 11.2 Å². The van der Waals surface area contributed by atoms with E-state index >= 15 is 0 Å². The fourth-order valence-electron chi connectivity index (χ4n) is 3.37. The van der Waals surface area contributed by atoms with Crippen LogP contribution in [0.1, 0.15) is 77.2 Å². The highest BCUT2D eigenvalue weighted by molar-refractivity contribution is 5.72. The van der Waals surface area contributed by atoms with Gasteiger partial charge in [0.05, 0.1) is 11.5 Å². The molecule has 1 aliphatic rings. The first kappa shape index (κ1) is 17.2. The minimum Gasteiger partial charge on any atom is -0.443 e. The summed E-state index contributed by atoms with van der Waals surface area (Å²) in [5, 5.41) is 0.888. The first-order valence-corrected chi connectivity index (χ1v) is 9.34. The minimum absolute atomic E-state index is 0.193. The van der Waals surface area contributed by atoms with E-state index in [0.717, 1.165) is 36.8 Å². The van der Waals surface area contributed by atoms with Crippen LogP contribution in [0.2, 0.25) is 0 Å². The molecule has 0 amide bonds. The van der Waals surface area contributed by atoms with E-state index in [9.17, 15) is 4.79 Å². The number of nitrogens with zero attached hydrogens (tertiary/aromatic N) is 2. The summed E-state index contributed by atoms with van der Waals surface area (Å²) in [5.74, 6) is 0.922. The van der Waals surface area contributed by atoms with E-state index in [4.69, 9.17) is 9.15 Å². The van der Waals surface area contributed by atoms with Crippen molar-refractivity contribution in [3.8, 4) is 0 Å². The maximum Gasteiger partial charge on any atom is 0.353 e. The summed E-state index contributed by atoms with van der Waals surface area (Å²) < 4.78 is 13.1. The highest BCUT2D eigenvalue weighted by Gasteiger charge is 2.25. The van der Waals surface area contributed by atoms with Crippen molar-refractivity contribution in [3.05, 3.63) is 28.5 Å². The van der Waals surface area contributed by atoms with Gasteiger partial charge in [0.25, 0.3) is 0 Å². The van der Waals surface area contributed by atoms with Crippen molar-refractivity contribution in [1.29, 1.82) is 0 Å². The van der Waals surface area contributed by atoms with E-state index in [-0.39, 0.29) is 18.0 Å². The van der Waals surface area contributed by atoms with Crippen molar-refractivity contribution < 1.29 is 9.15 Å². The van der Waals surface area contributed by atoms with Crippen LogP contribution >= 0.6 is 0 Å². The lowest BCUT2D eigenvalue weighted by Crippen LogP contribution is -2.26. The molecular weight excluding hydrogens is 304 g/mol. The van der Waals surface area contributed by atoms with Gasteiger partial charge in [-0.15, -0.1) is 0 Å². The molecule has 0 radical (unpaired) electrons. The molecule has 2 aromatic rings. The second kappa shape index (κ2) is 7.97. The number of ether oxygens (including phenoxy) is 1. The number of rotatable bonds is 8. The molecule has 2 atom stereocenters. The van der Waals surface area contributed by atoms with Crippen LogP contribution in [0.15, 0.2) is 21.5 Å². The smallest absolute Gasteiger partial charge is 0.353 e. The third kappa shape index (κ3) is 4.07. The van der Waals surface area contributed by atoms with Gasteiger partial charge < -0.3 is 9.15 Å². The molecule has 0 aromatic carbocycles. The van der Waals surface area contributed by atoms with Crippen molar-refractivity contribution in [2.45, 2.75) is 84.0 Å². The zero-order chi connectivity index (χ0) is 16.9. The Bertz CT molecular complexity index is 719. The number of furan rings is 1. The van der Waals surface area contributed by atoms with Crippen LogP contribution in [0, 0.1) is 0 Å². The van der Waals surface area contributed by atoms with Gasteiger partial charge in [0.1, 0.15) is 12.0 Å². The topological polar surface area (TPSA) is 57.3 Å². The van der Waals surface area contributed by atoms with Gasteiger partial charge in [0.15, 0.2) is 0 Å². The molecule has 0 unspecified atom stereocenters. The van der Waals surface area contributed by atoms with Gasteiger partial charge in [-0.2, -0.15) is 4.98 Å². The summed E-state index contributed by atoms with van der Waals surface area (Å²) in [6.45, 7) is 4.27. The summed E-state index contributed by atoms with van der Waals surface area (Å²) in [6.07, 6.45) is 12.1. The van der Waals surface area contributed by atoms with Crippen molar-refractivity contribution in [3.63, 3.8) is 0 Å². The van der Waals surface area contributed by atoms with Crippen LogP contribution in [0.3, 0.4) is 0 Å². The number of aromatic nitrogens is 2. The molecule has 1 saturated heterocycles. The van der Waals surface area contributed by atoms with E-state index in [0.29, 0.717) is 5.71 Å². The number of hydrogen-bond acceptors (Lipinski definition) is 4. The lowest BCUT2D eigenvalue weighted by Gasteiger charge is -2.13. The molecule has 0 bridgehead atoms. The standard InChI is InChI=1S/C19H28N2O3/c1-3-4-5-6-7-8-9-16-12-15-13-21(17-11-10-14(2)23-17)19(22)20-18(15)24-16/h12-14,17H,3-11H2,1-2H3/t14-,17-/m1/s1. The number of aryl methyl sites for hydroxylation is 1. The normalized spacial score (nSPS) is 20.9. The molecule has 3 heterocycles. The Balaban J connectivity index is 1.64. The Kier molecular flexibility index (Phi) is 5.72. The third-order valence-electron chi connectivity index (χ3n) is 4.78. The van der Waals surface area contributed by atoms with Crippen molar-refractivity contribution >= 4 is 11.1 Å². The maximum absolute atomic E-state index is 12.2. The Morgan fingerprint density at radius 2 is 2.00 bits per heavy atom. The van der Waals surface area contributed by atoms with Crippen LogP contribution in [-0.4, -0.2) is 15.7 Å².